The van der Waals surface area contributed by atoms with Gasteiger partial charge in [0.1, 0.15) is 0 Å². The summed E-state index contributed by atoms with van der Waals surface area (Å²) in [6, 6.07) is 17.9. The standard InChI is InChI=1S/C16H16BrNO/c1-2-14(17)16(19)18-15-11-7-6-10-13(15)12-8-4-3-5-9-12/h3-11,14H,2H2,1H3,(H,18,19). The molecule has 1 atom stereocenters. The SMILES string of the molecule is CCC(Br)C(=O)Nc1ccccc1-c1ccccc1. The Hall–Kier alpha value is -1.61. The number of hydrogen-bond donors (Lipinski definition) is 1. The van der Waals surface area contributed by atoms with Crippen LogP contribution in [0.4, 0.5) is 5.69 Å². The van der Waals surface area contributed by atoms with Crippen LogP contribution in [-0.4, -0.2) is 10.7 Å². The summed E-state index contributed by atoms with van der Waals surface area (Å²) in [6.07, 6.45) is 0.763. The number of carbonyl (C=O) groups excluding carboxylic acids is 1. The van der Waals surface area contributed by atoms with Crippen molar-refractivity contribution < 1.29 is 4.79 Å². The van der Waals surface area contributed by atoms with Crippen LogP contribution in [0.25, 0.3) is 11.1 Å². The topological polar surface area (TPSA) is 29.1 Å². The summed E-state index contributed by atoms with van der Waals surface area (Å²) in [4.78, 5) is 11.8. The molecule has 2 aromatic rings. The number of benzene rings is 2. The predicted molar refractivity (Wildman–Crippen MR) is 83.5 cm³/mol. The zero-order valence-corrected chi connectivity index (χ0v) is 12.4. The maximum absolute atomic E-state index is 12.0. The highest BCUT2D eigenvalue weighted by Gasteiger charge is 2.14. The first-order valence-corrected chi connectivity index (χ1v) is 7.23. The molecule has 0 fully saturated rings. The van der Waals surface area contributed by atoms with E-state index in [0.717, 1.165) is 23.2 Å². The number of para-hydroxylation sites is 1. The van der Waals surface area contributed by atoms with Gasteiger partial charge >= 0.3 is 0 Å². The second-order valence-electron chi connectivity index (χ2n) is 4.28. The Morgan fingerprint density at radius 3 is 2.42 bits per heavy atom. The van der Waals surface area contributed by atoms with Crippen LogP contribution < -0.4 is 5.32 Å². The first-order chi connectivity index (χ1) is 9.22. The van der Waals surface area contributed by atoms with Crippen molar-refractivity contribution in [2.45, 2.75) is 18.2 Å². The molecule has 3 heteroatoms. The lowest BCUT2D eigenvalue weighted by atomic mass is 10.0. The third-order valence-electron chi connectivity index (χ3n) is 2.91. The van der Waals surface area contributed by atoms with Crippen LogP contribution in [0.2, 0.25) is 0 Å². The number of amides is 1. The van der Waals surface area contributed by atoms with Crippen LogP contribution >= 0.6 is 15.9 Å². The van der Waals surface area contributed by atoms with E-state index in [4.69, 9.17) is 0 Å². The summed E-state index contributed by atoms with van der Waals surface area (Å²) in [5.74, 6) is -0.00844. The Morgan fingerprint density at radius 2 is 1.74 bits per heavy atom. The highest BCUT2D eigenvalue weighted by Crippen LogP contribution is 2.27. The van der Waals surface area contributed by atoms with Gasteiger partial charge in [-0.25, -0.2) is 0 Å². The van der Waals surface area contributed by atoms with E-state index in [0.29, 0.717) is 0 Å². The minimum Gasteiger partial charge on any atom is -0.325 e. The number of nitrogens with one attached hydrogen (secondary N) is 1. The Kier molecular flexibility index (Phi) is 4.74. The van der Waals surface area contributed by atoms with Crippen molar-refractivity contribution in [1.29, 1.82) is 0 Å². The fourth-order valence-corrected chi connectivity index (χ4v) is 1.97. The van der Waals surface area contributed by atoms with E-state index in [-0.39, 0.29) is 10.7 Å². The van der Waals surface area contributed by atoms with E-state index in [1.54, 1.807) is 0 Å². The summed E-state index contributed by atoms with van der Waals surface area (Å²) in [6.45, 7) is 1.97. The molecule has 1 N–H and O–H groups in total. The molecule has 0 bridgehead atoms. The first-order valence-electron chi connectivity index (χ1n) is 6.31. The van der Waals surface area contributed by atoms with Gasteiger partial charge in [0.05, 0.1) is 4.83 Å². The van der Waals surface area contributed by atoms with Gasteiger partial charge in [0.2, 0.25) is 5.91 Å². The van der Waals surface area contributed by atoms with E-state index in [1.807, 2.05) is 61.5 Å². The Bertz CT molecular complexity index is 554. The van der Waals surface area contributed by atoms with Crippen molar-refractivity contribution in [2.75, 3.05) is 5.32 Å². The number of alkyl halides is 1. The van der Waals surface area contributed by atoms with Gasteiger partial charge in [-0.15, -0.1) is 0 Å². The summed E-state index contributed by atoms with van der Waals surface area (Å²) in [5.41, 5.74) is 2.98. The lowest BCUT2D eigenvalue weighted by Gasteiger charge is -2.13. The largest absolute Gasteiger partial charge is 0.325 e. The van der Waals surface area contributed by atoms with E-state index in [9.17, 15) is 4.79 Å². The van der Waals surface area contributed by atoms with E-state index >= 15 is 0 Å². The summed E-state index contributed by atoms with van der Waals surface area (Å²) >= 11 is 3.37. The van der Waals surface area contributed by atoms with Gasteiger partial charge in [0.25, 0.3) is 0 Å². The maximum atomic E-state index is 12.0. The van der Waals surface area contributed by atoms with Gasteiger partial charge in [-0.05, 0) is 18.1 Å². The van der Waals surface area contributed by atoms with Gasteiger partial charge in [-0.1, -0.05) is 71.4 Å². The minimum atomic E-state index is -0.156. The third-order valence-corrected chi connectivity index (χ3v) is 3.98. The molecule has 1 unspecified atom stereocenters. The van der Waals surface area contributed by atoms with E-state index in [2.05, 4.69) is 21.2 Å². The number of carbonyl (C=O) groups is 1. The van der Waals surface area contributed by atoms with Gasteiger partial charge in [-0.3, -0.25) is 4.79 Å². The van der Waals surface area contributed by atoms with Crippen LogP contribution in [0.1, 0.15) is 13.3 Å². The summed E-state index contributed by atoms with van der Waals surface area (Å²) < 4.78 is 0. The Morgan fingerprint density at radius 1 is 1.11 bits per heavy atom. The molecule has 0 aromatic heterocycles. The smallest absolute Gasteiger partial charge is 0.238 e. The first kappa shape index (κ1) is 13.8. The summed E-state index contributed by atoms with van der Waals surface area (Å²) in [7, 11) is 0. The van der Waals surface area contributed by atoms with Crippen molar-refractivity contribution in [3.8, 4) is 11.1 Å². The number of halogens is 1. The Labute approximate surface area is 122 Å². The zero-order valence-electron chi connectivity index (χ0n) is 10.8. The second-order valence-corrected chi connectivity index (χ2v) is 5.38. The van der Waals surface area contributed by atoms with Crippen molar-refractivity contribution in [3.05, 3.63) is 54.6 Å². The molecule has 0 saturated heterocycles. The number of anilines is 1. The van der Waals surface area contributed by atoms with Crippen LogP contribution in [0, 0.1) is 0 Å². The van der Waals surface area contributed by atoms with Gasteiger partial charge in [0, 0.05) is 11.3 Å². The van der Waals surface area contributed by atoms with Crippen LogP contribution in [0.5, 0.6) is 0 Å². The molecule has 2 aromatic carbocycles. The molecular weight excluding hydrogens is 302 g/mol. The monoisotopic (exact) mass is 317 g/mol. The average molecular weight is 318 g/mol. The van der Waals surface area contributed by atoms with Crippen LogP contribution in [-0.2, 0) is 4.79 Å². The molecule has 2 rings (SSSR count). The molecular formula is C16H16BrNO. The lowest BCUT2D eigenvalue weighted by molar-refractivity contribution is -0.115. The second kappa shape index (κ2) is 6.53. The third kappa shape index (κ3) is 3.44. The lowest BCUT2D eigenvalue weighted by Crippen LogP contribution is -2.22. The molecule has 1 amide bonds. The van der Waals surface area contributed by atoms with Crippen LogP contribution in [0.15, 0.2) is 54.6 Å². The molecule has 0 saturated carbocycles. The molecule has 0 heterocycles. The fourth-order valence-electron chi connectivity index (χ4n) is 1.86. The molecule has 19 heavy (non-hydrogen) atoms. The predicted octanol–water partition coefficient (Wildman–Crippen LogP) is 4.47. The van der Waals surface area contributed by atoms with Crippen molar-refractivity contribution in [2.24, 2.45) is 0 Å². The molecule has 0 radical (unpaired) electrons. The summed E-state index contributed by atoms with van der Waals surface area (Å²) in [5, 5.41) is 2.97. The molecule has 0 aliphatic carbocycles. The van der Waals surface area contributed by atoms with Gasteiger partial charge in [0.15, 0.2) is 0 Å². The molecule has 0 aliphatic rings. The Balaban J connectivity index is 2.30. The van der Waals surface area contributed by atoms with Gasteiger partial charge in [-0.2, -0.15) is 0 Å². The molecule has 98 valence electrons. The molecule has 2 nitrogen and oxygen atoms in total. The molecule has 0 spiro atoms. The normalized spacial score (nSPS) is 11.9. The van der Waals surface area contributed by atoms with Crippen molar-refractivity contribution >= 4 is 27.5 Å². The zero-order chi connectivity index (χ0) is 13.7. The van der Waals surface area contributed by atoms with Crippen molar-refractivity contribution in [1.82, 2.24) is 0 Å². The van der Waals surface area contributed by atoms with E-state index < -0.39 is 0 Å². The minimum absolute atomic E-state index is 0.00844. The highest BCUT2D eigenvalue weighted by atomic mass is 79.9. The highest BCUT2D eigenvalue weighted by molar-refractivity contribution is 9.10. The fraction of sp³-hybridized carbons (Fsp3) is 0.188. The average Bonchev–Trinajstić information content (AvgIpc) is 2.47. The van der Waals surface area contributed by atoms with Crippen molar-refractivity contribution in [3.63, 3.8) is 0 Å². The quantitative estimate of drug-likeness (QED) is 0.828. The number of rotatable bonds is 4. The number of hydrogen-bond acceptors (Lipinski definition) is 1. The van der Waals surface area contributed by atoms with Crippen LogP contribution in [0.3, 0.4) is 0 Å². The van der Waals surface area contributed by atoms with E-state index in [1.165, 1.54) is 0 Å². The van der Waals surface area contributed by atoms with Gasteiger partial charge < -0.3 is 5.32 Å². The molecule has 0 aliphatic heterocycles. The maximum Gasteiger partial charge on any atom is 0.238 e.